The van der Waals surface area contributed by atoms with Crippen molar-refractivity contribution in [2.75, 3.05) is 45.1 Å². The van der Waals surface area contributed by atoms with E-state index in [9.17, 15) is 8.42 Å². The predicted molar refractivity (Wildman–Crippen MR) is 91.1 cm³/mol. The van der Waals surface area contributed by atoms with Gasteiger partial charge in [0.2, 0.25) is 10.0 Å². The first-order valence-electron chi connectivity index (χ1n) is 8.67. The molecular weight excluding hydrogens is 316 g/mol. The predicted octanol–water partition coefficient (Wildman–Crippen LogP) is 1.32. The van der Waals surface area contributed by atoms with Crippen LogP contribution in [0.15, 0.2) is 0 Å². The summed E-state index contributed by atoms with van der Waals surface area (Å²) in [5.74, 6) is 0.0745. The van der Waals surface area contributed by atoms with Gasteiger partial charge in [-0.05, 0) is 40.5 Å². The minimum atomic E-state index is -3.20. The second kappa shape index (κ2) is 7.78. The van der Waals surface area contributed by atoms with Crippen LogP contribution in [0.3, 0.4) is 0 Å². The van der Waals surface area contributed by atoms with E-state index in [0.717, 1.165) is 32.5 Å². The Morgan fingerprint density at radius 1 is 1.22 bits per heavy atom. The second-order valence-corrected chi connectivity index (χ2v) is 9.56. The SMILES string of the molecule is CC(C)OCCS(=O)(=O)N1CCN(CC2CCC(C)(C)O2)CC1. The van der Waals surface area contributed by atoms with Crippen molar-refractivity contribution in [3.8, 4) is 0 Å². The summed E-state index contributed by atoms with van der Waals surface area (Å²) in [6, 6.07) is 0. The Kier molecular flexibility index (Phi) is 6.47. The monoisotopic (exact) mass is 348 g/mol. The summed E-state index contributed by atoms with van der Waals surface area (Å²) in [5.41, 5.74) is -0.00770. The van der Waals surface area contributed by atoms with Gasteiger partial charge < -0.3 is 9.47 Å². The highest BCUT2D eigenvalue weighted by atomic mass is 32.2. The molecule has 1 atom stereocenters. The van der Waals surface area contributed by atoms with Crippen LogP contribution in [-0.4, -0.2) is 80.5 Å². The van der Waals surface area contributed by atoms with Gasteiger partial charge in [-0.15, -0.1) is 0 Å². The van der Waals surface area contributed by atoms with Crippen molar-refractivity contribution in [2.24, 2.45) is 0 Å². The average molecular weight is 349 g/mol. The first-order valence-corrected chi connectivity index (χ1v) is 10.3. The second-order valence-electron chi connectivity index (χ2n) is 7.47. The van der Waals surface area contributed by atoms with Gasteiger partial charge in [0.05, 0.1) is 30.2 Å². The Bertz CT molecular complexity index is 470. The molecule has 0 aliphatic carbocycles. The van der Waals surface area contributed by atoms with Gasteiger partial charge in [-0.3, -0.25) is 4.90 Å². The Hall–Kier alpha value is -0.210. The summed E-state index contributed by atoms with van der Waals surface area (Å²) >= 11 is 0. The number of piperazine rings is 1. The van der Waals surface area contributed by atoms with Crippen LogP contribution >= 0.6 is 0 Å². The summed E-state index contributed by atoms with van der Waals surface area (Å²) in [6.45, 7) is 12.0. The number of hydrogen-bond acceptors (Lipinski definition) is 5. The van der Waals surface area contributed by atoms with Crippen molar-refractivity contribution in [2.45, 2.75) is 58.3 Å². The third-order valence-electron chi connectivity index (χ3n) is 4.53. The fraction of sp³-hybridized carbons (Fsp3) is 1.00. The van der Waals surface area contributed by atoms with Gasteiger partial charge in [0.1, 0.15) is 0 Å². The fourth-order valence-electron chi connectivity index (χ4n) is 3.20. The van der Waals surface area contributed by atoms with Crippen LogP contribution in [0.25, 0.3) is 0 Å². The Labute approximate surface area is 141 Å². The third-order valence-corrected chi connectivity index (χ3v) is 6.37. The molecule has 0 aromatic heterocycles. The van der Waals surface area contributed by atoms with E-state index in [4.69, 9.17) is 9.47 Å². The molecule has 0 radical (unpaired) electrons. The Morgan fingerprint density at radius 3 is 2.39 bits per heavy atom. The molecule has 0 aromatic rings. The first kappa shape index (κ1) is 19.1. The van der Waals surface area contributed by atoms with Crippen molar-refractivity contribution >= 4 is 10.0 Å². The molecule has 2 aliphatic heterocycles. The van der Waals surface area contributed by atoms with Gasteiger partial charge in [-0.1, -0.05) is 0 Å². The summed E-state index contributed by atoms with van der Waals surface area (Å²) in [5, 5.41) is 0. The first-order chi connectivity index (χ1) is 10.7. The van der Waals surface area contributed by atoms with Crippen molar-refractivity contribution in [1.82, 2.24) is 9.21 Å². The van der Waals surface area contributed by atoms with Gasteiger partial charge in [-0.25, -0.2) is 8.42 Å². The largest absolute Gasteiger partial charge is 0.378 e. The number of nitrogens with zero attached hydrogens (tertiary/aromatic N) is 2. The van der Waals surface area contributed by atoms with E-state index in [2.05, 4.69) is 18.7 Å². The zero-order chi connectivity index (χ0) is 17.1. The van der Waals surface area contributed by atoms with E-state index >= 15 is 0 Å². The topological polar surface area (TPSA) is 59.1 Å². The van der Waals surface area contributed by atoms with Gasteiger partial charge in [-0.2, -0.15) is 4.31 Å². The smallest absolute Gasteiger partial charge is 0.216 e. The quantitative estimate of drug-likeness (QED) is 0.694. The molecule has 0 saturated carbocycles. The molecule has 7 heteroatoms. The summed E-state index contributed by atoms with van der Waals surface area (Å²) in [4.78, 5) is 2.32. The molecule has 0 N–H and O–H groups in total. The Balaban J connectivity index is 1.73. The summed E-state index contributed by atoms with van der Waals surface area (Å²) in [7, 11) is -3.20. The van der Waals surface area contributed by atoms with Crippen LogP contribution in [0.2, 0.25) is 0 Å². The maximum atomic E-state index is 12.3. The van der Waals surface area contributed by atoms with E-state index in [-0.39, 0.29) is 30.2 Å². The standard InChI is InChI=1S/C16H32N2O4S/c1-14(2)21-11-12-23(19,20)18-9-7-17(8-10-18)13-15-5-6-16(3,4)22-15/h14-15H,5-13H2,1-4H3. The Morgan fingerprint density at radius 2 is 1.87 bits per heavy atom. The number of hydrogen-bond donors (Lipinski definition) is 0. The van der Waals surface area contributed by atoms with Crippen molar-refractivity contribution in [3.05, 3.63) is 0 Å². The summed E-state index contributed by atoms with van der Waals surface area (Å²) in [6.07, 6.45) is 2.55. The molecule has 23 heavy (non-hydrogen) atoms. The molecule has 1 unspecified atom stereocenters. The van der Waals surface area contributed by atoms with Crippen LogP contribution < -0.4 is 0 Å². The van der Waals surface area contributed by atoms with E-state index in [1.807, 2.05) is 13.8 Å². The van der Waals surface area contributed by atoms with Crippen molar-refractivity contribution < 1.29 is 17.9 Å². The molecule has 0 amide bonds. The zero-order valence-electron chi connectivity index (χ0n) is 15.0. The number of ether oxygens (including phenoxy) is 2. The molecule has 2 aliphatic rings. The van der Waals surface area contributed by atoms with Gasteiger partial charge in [0.15, 0.2) is 0 Å². The van der Waals surface area contributed by atoms with E-state index in [1.165, 1.54) is 0 Å². The van der Waals surface area contributed by atoms with Crippen LogP contribution in [0.4, 0.5) is 0 Å². The van der Waals surface area contributed by atoms with Crippen molar-refractivity contribution in [1.29, 1.82) is 0 Å². The van der Waals surface area contributed by atoms with Crippen LogP contribution in [-0.2, 0) is 19.5 Å². The maximum absolute atomic E-state index is 12.3. The van der Waals surface area contributed by atoms with Gasteiger partial charge in [0, 0.05) is 32.7 Å². The third kappa shape index (κ3) is 5.98. The molecule has 2 fully saturated rings. The minimum Gasteiger partial charge on any atom is -0.378 e. The lowest BCUT2D eigenvalue weighted by Crippen LogP contribution is -2.51. The fourth-order valence-corrected chi connectivity index (χ4v) is 4.49. The molecular formula is C16H32N2O4S. The molecule has 2 heterocycles. The van der Waals surface area contributed by atoms with Gasteiger partial charge >= 0.3 is 0 Å². The molecule has 6 nitrogen and oxygen atoms in total. The highest BCUT2D eigenvalue weighted by Gasteiger charge is 2.34. The lowest BCUT2D eigenvalue weighted by molar-refractivity contribution is -0.0313. The molecule has 0 spiro atoms. The lowest BCUT2D eigenvalue weighted by Gasteiger charge is -2.35. The average Bonchev–Trinajstić information content (AvgIpc) is 2.78. The van der Waals surface area contributed by atoms with E-state index in [0.29, 0.717) is 13.1 Å². The lowest BCUT2D eigenvalue weighted by atomic mass is 10.1. The molecule has 0 aromatic carbocycles. The minimum absolute atomic E-state index is 0.00770. The number of sulfonamides is 1. The normalized spacial score (nSPS) is 26.9. The summed E-state index contributed by atoms with van der Waals surface area (Å²) < 4.78 is 37.6. The highest BCUT2D eigenvalue weighted by molar-refractivity contribution is 7.89. The van der Waals surface area contributed by atoms with Crippen molar-refractivity contribution in [3.63, 3.8) is 0 Å². The van der Waals surface area contributed by atoms with Crippen LogP contribution in [0, 0.1) is 0 Å². The zero-order valence-corrected chi connectivity index (χ0v) is 15.8. The number of rotatable bonds is 7. The van der Waals surface area contributed by atoms with E-state index in [1.54, 1.807) is 4.31 Å². The van der Waals surface area contributed by atoms with Crippen LogP contribution in [0.5, 0.6) is 0 Å². The molecule has 2 saturated heterocycles. The highest BCUT2D eigenvalue weighted by Crippen LogP contribution is 2.29. The van der Waals surface area contributed by atoms with Crippen LogP contribution in [0.1, 0.15) is 40.5 Å². The van der Waals surface area contributed by atoms with Gasteiger partial charge in [0.25, 0.3) is 0 Å². The molecule has 2 rings (SSSR count). The maximum Gasteiger partial charge on any atom is 0.216 e. The van der Waals surface area contributed by atoms with E-state index < -0.39 is 10.0 Å². The molecule has 136 valence electrons. The molecule has 0 bridgehead atoms.